The molecule has 2 aromatic rings. The molecule has 2 aromatic carbocycles. The van der Waals surface area contributed by atoms with Crippen molar-refractivity contribution in [1.29, 1.82) is 0 Å². The Kier molecular flexibility index (Phi) is 6.12. The first-order valence-corrected chi connectivity index (χ1v) is 10.9. The van der Waals surface area contributed by atoms with Crippen molar-refractivity contribution in [3.05, 3.63) is 66.2 Å². The van der Waals surface area contributed by atoms with Crippen molar-refractivity contribution in [3.8, 4) is 0 Å². The summed E-state index contributed by atoms with van der Waals surface area (Å²) in [6.07, 6.45) is -0.0745. The first-order chi connectivity index (χ1) is 13.8. The average molecular weight is 419 g/mol. The number of rotatable bonds is 7. The van der Waals surface area contributed by atoms with Crippen LogP contribution in [0.3, 0.4) is 0 Å². The van der Waals surface area contributed by atoms with E-state index in [0.29, 0.717) is 12.8 Å². The van der Waals surface area contributed by atoms with Gasteiger partial charge in [-0.1, -0.05) is 48.5 Å². The van der Waals surface area contributed by atoms with Crippen LogP contribution in [0.5, 0.6) is 0 Å². The van der Waals surface area contributed by atoms with E-state index in [4.69, 9.17) is 14.2 Å². The van der Waals surface area contributed by atoms with Crippen LogP contribution in [-0.2, 0) is 35.3 Å². The highest BCUT2D eigenvalue weighted by atomic mass is 32.2. The molecule has 0 spiro atoms. The molecular formula is C22H26O6S. The molecule has 1 aliphatic heterocycles. The van der Waals surface area contributed by atoms with Crippen molar-refractivity contribution in [2.45, 2.75) is 47.7 Å². The zero-order valence-corrected chi connectivity index (χ0v) is 17.6. The Hall–Kier alpha value is -2.22. The number of benzene rings is 2. The summed E-state index contributed by atoms with van der Waals surface area (Å²) in [5.41, 5.74) is 1.04. The van der Waals surface area contributed by atoms with Gasteiger partial charge in [-0.25, -0.2) is 13.2 Å². The number of aryl methyl sites for hydroxylation is 1. The van der Waals surface area contributed by atoms with Crippen LogP contribution in [0.4, 0.5) is 0 Å². The molecule has 0 bridgehead atoms. The number of hydrogen-bond acceptors (Lipinski definition) is 6. The third-order valence-electron chi connectivity index (χ3n) is 5.69. The fourth-order valence-corrected chi connectivity index (χ4v) is 5.78. The highest BCUT2D eigenvalue weighted by Crippen LogP contribution is 2.44. The van der Waals surface area contributed by atoms with E-state index in [0.717, 1.165) is 5.56 Å². The lowest BCUT2D eigenvalue weighted by molar-refractivity contribution is -0.256. The number of esters is 1. The van der Waals surface area contributed by atoms with Gasteiger partial charge in [0.15, 0.2) is 9.84 Å². The Morgan fingerprint density at radius 2 is 1.55 bits per heavy atom. The lowest BCUT2D eigenvalue weighted by atomic mass is 9.87. The number of ether oxygens (including phenoxy) is 3. The number of hydrogen-bond donors (Lipinski definition) is 0. The Bertz CT molecular complexity index is 938. The van der Waals surface area contributed by atoms with Crippen molar-refractivity contribution in [3.63, 3.8) is 0 Å². The molecule has 0 amide bonds. The van der Waals surface area contributed by atoms with Crippen LogP contribution in [0.25, 0.3) is 0 Å². The van der Waals surface area contributed by atoms with Gasteiger partial charge < -0.3 is 14.2 Å². The lowest BCUT2D eigenvalue weighted by Crippen LogP contribution is -2.63. The Morgan fingerprint density at radius 1 is 1.00 bits per heavy atom. The third-order valence-corrected chi connectivity index (χ3v) is 8.22. The predicted octanol–water partition coefficient (Wildman–Crippen LogP) is 3.16. The van der Waals surface area contributed by atoms with Crippen molar-refractivity contribution in [2.24, 2.45) is 0 Å². The maximum absolute atomic E-state index is 13.7. The minimum atomic E-state index is -3.87. The van der Waals surface area contributed by atoms with Gasteiger partial charge >= 0.3 is 5.97 Å². The highest BCUT2D eigenvalue weighted by molar-refractivity contribution is 7.92. The van der Waals surface area contributed by atoms with E-state index < -0.39 is 32.4 Å². The zero-order valence-electron chi connectivity index (χ0n) is 16.8. The van der Waals surface area contributed by atoms with E-state index in [-0.39, 0.29) is 11.3 Å². The molecule has 7 heteroatoms. The average Bonchev–Trinajstić information content (AvgIpc) is 2.75. The van der Waals surface area contributed by atoms with Crippen LogP contribution in [0.1, 0.15) is 25.3 Å². The summed E-state index contributed by atoms with van der Waals surface area (Å²) in [5.74, 6) is -2.47. The van der Waals surface area contributed by atoms with Crippen LogP contribution >= 0.6 is 0 Å². The summed E-state index contributed by atoms with van der Waals surface area (Å²) < 4.78 is 42.2. The molecule has 2 atom stereocenters. The largest absolute Gasteiger partial charge is 0.457 e. The molecule has 0 aromatic heterocycles. The van der Waals surface area contributed by atoms with Crippen molar-refractivity contribution in [2.75, 3.05) is 14.2 Å². The summed E-state index contributed by atoms with van der Waals surface area (Å²) in [6.45, 7) is 1.60. The normalized spacial score (nSPS) is 24.1. The highest BCUT2D eigenvalue weighted by Gasteiger charge is 2.61. The molecule has 0 saturated carbocycles. The summed E-state index contributed by atoms with van der Waals surface area (Å²) >= 11 is 0. The molecule has 1 fully saturated rings. The van der Waals surface area contributed by atoms with Crippen molar-refractivity contribution in [1.82, 2.24) is 0 Å². The van der Waals surface area contributed by atoms with Crippen molar-refractivity contribution >= 4 is 15.8 Å². The minimum absolute atomic E-state index is 0.164. The molecule has 0 N–H and O–H groups in total. The Morgan fingerprint density at radius 3 is 2.10 bits per heavy atom. The van der Waals surface area contributed by atoms with Crippen LogP contribution in [0.15, 0.2) is 65.6 Å². The van der Waals surface area contributed by atoms with E-state index in [1.165, 1.54) is 14.2 Å². The summed E-state index contributed by atoms with van der Waals surface area (Å²) in [6, 6.07) is 17.9. The second-order valence-electron chi connectivity index (χ2n) is 7.39. The second kappa shape index (κ2) is 8.26. The van der Waals surface area contributed by atoms with Crippen LogP contribution in [0.2, 0.25) is 0 Å². The van der Waals surface area contributed by atoms with Gasteiger partial charge in [-0.3, -0.25) is 0 Å². The predicted molar refractivity (Wildman–Crippen MR) is 108 cm³/mol. The molecule has 1 aliphatic rings. The van der Waals surface area contributed by atoms with Gasteiger partial charge in [-0.05, 0) is 37.5 Å². The molecule has 3 rings (SSSR count). The molecule has 156 valence electrons. The van der Waals surface area contributed by atoms with Crippen LogP contribution in [0, 0.1) is 0 Å². The van der Waals surface area contributed by atoms with Gasteiger partial charge in [0.2, 0.25) is 0 Å². The van der Waals surface area contributed by atoms with Gasteiger partial charge in [-0.15, -0.1) is 0 Å². The van der Waals surface area contributed by atoms with E-state index >= 15 is 0 Å². The minimum Gasteiger partial charge on any atom is -0.457 e. The zero-order chi connectivity index (χ0) is 21.1. The first-order valence-electron chi connectivity index (χ1n) is 9.44. The van der Waals surface area contributed by atoms with Crippen LogP contribution < -0.4 is 0 Å². The number of sulfone groups is 1. The number of methoxy groups -OCH3 is 2. The van der Waals surface area contributed by atoms with Crippen LogP contribution in [-0.4, -0.2) is 45.2 Å². The third kappa shape index (κ3) is 3.82. The van der Waals surface area contributed by atoms with E-state index in [1.807, 2.05) is 30.3 Å². The number of cyclic esters (lactones) is 1. The second-order valence-corrected chi connectivity index (χ2v) is 9.80. The van der Waals surface area contributed by atoms with E-state index in [2.05, 4.69) is 0 Å². The number of carbonyl (C=O) groups is 1. The molecular weight excluding hydrogens is 392 g/mol. The van der Waals surface area contributed by atoms with Gasteiger partial charge in [0.25, 0.3) is 5.79 Å². The molecule has 2 unspecified atom stereocenters. The molecule has 0 aliphatic carbocycles. The van der Waals surface area contributed by atoms with E-state index in [1.54, 1.807) is 37.3 Å². The van der Waals surface area contributed by atoms with Gasteiger partial charge in [0.05, 0.1) is 4.90 Å². The fourth-order valence-electron chi connectivity index (χ4n) is 3.83. The Labute approximate surface area is 171 Å². The number of carbonyl (C=O) groups excluding carboxylic acids is 1. The van der Waals surface area contributed by atoms with Gasteiger partial charge in [-0.2, -0.15) is 0 Å². The summed E-state index contributed by atoms with van der Waals surface area (Å²) in [5, 5.41) is 0. The SMILES string of the molecule is COC1(OC)CC(C)(S(=O)(=O)c2ccccc2)C(CCc2ccccc2)OC1=O. The lowest BCUT2D eigenvalue weighted by Gasteiger charge is -2.46. The maximum Gasteiger partial charge on any atom is 0.367 e. The molecule has 1 heterocycles. The smallest absolute Gasteiger partial charge is 0.367 e. The van der Waals surface area contributed by atoms with Gasteiger partial charge in [0, 0.05) is 20.6 Å². The molecule has 1 saturated heterocycles. The quantitative estimate of drug-likeness (QED) is 0.508. The van der Waals surface area contributed by atoms with Crippen molar-refractivity contribution < 1.29 is 27.4 Å². The standard InChI is InChI=1S/C22H26O6S/c1-21(29(24,25)18-12-8-5-9-13-18)16-22(26-2,27-3)20(23)28-19(21)15-14-17-10-6-4-7-11-17/h4-13,19H,14-16H2,1-3H3. The summed E-state index contributed by atoms with van der Waals surface area (Å²) in [7, 11) is -1.25. The molecule has 29 heavy (non-hydrogen) atoms. The Balaban J connectivity index is 2.01. The maximum atomic E-state index is 13.7. The molecule has 6 nitrogen and oxygen atoms in total. The summed E-state index contributed by atoms with van der Waals surface area (Å²) in [4.78, 5) is 12.9. The fraction of sp³-hybridized carbons (Fsp3) is 0.409. The van der Waals surface area contributed by atoms with Gasteiger partial charge in [0.1, 0.15) is 10.9 Å². The topological polar surface area (TPSA) is 78.9 Å². The first kappa shape index (κ1) is 21.5. The van der Waals surface area contributed by atoms with E-state index in [9.17, 15) is 13.2 Å². The molecule has 0 radical (unpaired) electrons. The monoisotopic (exact) mass is 418 g/mol.